The first-order valence-electron chi connectivity index (χ1n) is 8.82. The summed E-state index contributed by atoms with van der Waals surface area (Å²) >= 11 is 1.43. The summed E-state index contributed by atoms with van der Waals surface area (Å²) < 4.78 is 7.04. The minimum Gasteiger partial charge on any atom is -0.481 e. The normalized spacial score (nSPS) is 10.9. The molecule has 0 saturated carbocycles. The zero-order chi connectivity index (χ0) is 20.7. The van der Waals surface area contributed by atoms with Crippen LogP contribution in [0, 0.1) is 32.1 Å². The maximum absolute atomic E-state index is 12.9. The number of aryl methyl sites for hydroxylation is 2. The number of anilines is 1. The summed E-state index contributed by atoms with van der Waals surface area (Å²) in [5, 5.41) is 14.7. The predicted molar refractivity (Wildman–Crippen MR) is 111 cm³/mol. The van der Waals surface area contributed by atoms with Crippen molar-refractivity contribution < 1.29 is 9.53 Å². The lowest BCUT2D eigenvalue weighted by atomic mass is 10.2. The molecule has 29 heavy (non-hydrogen) atoms. The van der Waals surface area contributed by atoms with E-state index >= 15 is 0 Å². The van der Waals surface area contributed by atoms with Gasteiger partial charge in [-0.2, -0.15) is 5.26 Å². The molecule has 0 spiro atoms. The number of methoxy groups -OCH3 is 1. The second-order valence-corrected chi connectivity index (χ2v) is 7.75. The molecule has 8 nitrogen and oxygen atoms in total. The summed E-state index contributed by atoms with van der Waals surface area (Å²) in [6.45, 7) is 5.62. The predicted octanol–water partition coefficient (Wildman–Crippen LogP) is 3.87. The van der Waals surface area contributed by atoms with Crippen molar-refractivity contribution in [3.63, 3.8) is 0 Å². The van der Waals surface area contributed by atoms with Gasteiger partial charge in [0.25, 0.3) is 5.91 Å². The highest BCUT2D eigenvalue weighted by atomic mass is 32.1. The number of carbonyl (C=O) groups excluding carboxylic acids is 1. The van der Waals surface area contributed by atoms with E-state index in [4.69, 9.17) is 4.74 Å². The highest BCUT2D eigenvalue weighted by molar-refractivity contribution is 7.14. The quantitative estimate of drug-likeness (QED) is 0.535. The van der Waals surface area contributed by atoms with Crippen LogP contribution in [0.5, 0.6) is 5.88 Å². The fourth-order valence-electron chi connectivity index (χ4n) is 3.33. The molecule has 0 saturated heterocycles. The van der Waals surface area contributed by atoms with Crippen molar-refractivity contribution in [2.24, 2.45) is 0 Å². The number of nitrogens with one attached hydrogen (secondary N) is 2. The van der Waals surface area contributed by atoms with Crippen molar-refractivity contribution in [1.29, 1.82) is 5.26 Å². The van der Waals surface area contributed by atoms with Crippen LogP contribution in [0.15, 0.2) is 24.4 Å². The molecule has 4 aromatic rings. The Balaban J connectivity index is 1.67. The average Bonchev–Trinajstić information content (AvgIpc) is 3.35. The third-order valence-electron chi connectivity index (χ3n) is 4.64. The van der Waals surface area contributed by atoms with Crippen molar-refractivity contribution in [3.05, 3.63) is 52.0 Å². The number of amides is 1. The van der Waals surface area contributed by atoms with Crippen LogP contribution >= 0.6 is 11.3 Å². The number of aromatic amines is 1. The van der Waals surface area contributed by atoms with Gasteiger partial charge in [0.2, 0.25) is 5.88 Å². The maximum atomic E-state index is 12.9. The van der Waals surface area contributed by atoms with Crippen LogP contribution in [0.4, 0.5) is 5.82 Å². The summed E-state index contributed by atoms with van der Waals surface area (Å²) in [5.41, 5.74) is 3.30. The molecule has 4 rings (SSSR count). The number of fused-ring (bicyclic) bond motifs is 1. The van der Waals surface area contributed by atoms with Crippen LogP contribution in [-0.4, -0.2) is 32.5 Å². The first-order chi connectivity index (χ1) is 13.9. The molecule has 0 aromatic carbocycles. The van der Waals surface area contributed by atoms with Crippen LogP contribution < -0.4 is 10.1 Å². The molecule has 4 aromatic heterocycles. The highest BCUT2D eigenvalue weighted by Crippen LogP contribution is 2.29. The number of rotatable bonds is 4. The Morgan fingerprint density at radius 2 is 2.10 bits per heavy atom. The van der Waals surface area contributed by atoms with Crippen LogP contribution in [0.2, 0.25) is 0 Å². The molecule has 2 N–H and O–H groups in total. The second-order valence-electron chi connectivity index (χ2n) is 6.57. The van der Waals surface area contributed by atoms with Gasteiger partial charge in [0.15, 0.2) is 5.69 Å². The number of nitrogens with zero attached hydrogens (tertiary/aromatic N) is 4. The SMILES string of the molecule is COc1cc2cc(NC(=O)c3cc(C)n(-c4sc(C)nc4C#N)c3C)[nH]c2cn1. The number of ether oxygens (including phenoxy) is 1. The molecule has 0 unspecified atom stereocenters. The Kier molecular flexibility index (Phi) is 4.56. The largest absolute Gasteiger partial charge is 0.481 e. The monoisotopic (exact) mass is 406 g/mol. The fraction of sp³-hybridized carbons (Fsp3) is 0.200. The van der Waals surface area contributed by atoms with Gasteiger partial charge < -0.3 is 19.6 Å². The topological polar surface area (TPSA) is 109 Å². The molecule has 0 aliphatic rings. The van der Waals surface area contributed by atoms with Gasteiger partial charge in [0.1, 0.15) is 16.9 Å². The number of aromatic nitrogens is 4. The number of pyridine rings is 1. The van der Waals surface area contributed by atoms with Crippen molar-refractivity contribution in [2.45, 2.75) is 20.8 Å². The Hall–Kier alpha value is -3.64. The molecular formula is C20H18N6O2S. The van der Waals surface area contributed by atoms with Crippen LogP contribution in [0.1, 0.15) is 32.4 Å². The zero-order valence-corrected chi connectivity index (χ0v) is 17.1. The summed E-state index contributed by atoms with van der Waals surface area (Å²) in [7, 11) is 1.56. The summed E-state index contributed by atoms with van der Waals surface area (Å²) in [6, 6.07) is 7.57. The molecule has 0 aliphatic carbocycles. The number of H-pyrrole nitrogens is 1. The molecule has 0 bridgehead atoms. The Labute approximate surface area is 170 Å². The number of thiazole rings is 1. The Morgan fingerprint density at radius 1 is 1.31 bits per heavy atom. The first kappa shape index (κ1) is 18.7. The van der Waals surface area contributed by atoms with Crippen molar-refractivity contribution in [2.75, 3.05) is 12.4 Å². The van der Waals surface area contributed by atoms with Gasteiger partial charge in [-0.15, -0.1) is 0 Å². The fourth-order valence-corrected chi connectivity index (χ4v) is 4.30. The lowest BCUT2D eigenvalue weighted by molar-refractivity contribution is 0.102. The van der Waals surface area contributed by atoms with Crippen molar-refractivity contribution >= 4 is 34.0 Å². The molecule has 4 heterocycles. The van der Waals surface area contributed by atoms with E-state index in [2.05, 4.69) is 26.3 Å². The molecule has 9 heteroatoms. The summed E-state index contributed by atoms with van der Waals surface area (Å²) in [6.07, 6.45) is 1.66. The van der Waals surface area contributed by atoms with Gasteiger partial charge in [0.05, 0.1) is 29.4 Å². The van der Waals surface area contributed by atoms with Crippen LogP contribution in [0.3, 0.4) is 0 Å². The molecule has 0 atom stereocenters. The molecule has 1 amide bonds. The van der Waals surface area contributed by atoms with Gasteiger partial charge >= 0.3 is 0 Å². The maximum Gasteiger partial charge on any atom is 0.258 e. The van der Waals surface area contributed by atoms with E-state index in [0.29, 0.717) is 23.0 Å². The minimum atomic E-state index is -0.240. The van der Waals surface area contributed by atoms with Crippen molar-refractivity contribution in [1.82, 2.24) is 19.5 Å². The van der Waals surface area contributed by atoms with E-state index in [9.17, 15) is 10.1 Å². The van der Waals surface area contributed by atoms with E-state index in [1.54, 1.807) is 19.4 Å². The minimum absolute atomic E-state index is 0.240. The third-order valence-corrected chi connectivity index (χ3v) is 5.59. The lowest BCUT2D eigenvalue weighted by Gasteiger charge is -2.07. The van der Waals surface area contributed by atoms with Gasteiger partial charge in [-0.1, -0.05) is 11.3 Å². The van der Waals surface area contributed by atoms with E-state index in [1.165, 1.54) is 11.3 Å². The number of hydrogen-bond donors (Lipinski definition) is 2. The van der Waals surface area contributed by atoms with E-state index in [0.717, 1.165) is 32.3 Å². The smallest absolute Gasteiger partial charge is 0.258 e. The third kappa shape index (κ3) is 3.23. The van der Waals surface area contributed by atoms with Gasteiger partial charge in [-0.3, -0.25) is 4.79 Å². The number of nitriles is 1. The lowest BCUT2D eigenvalue weighted by Crippen LogP contribution is -2.13. The van der Waals surface area contributed by atoms with Gasteiger partial charge in [0, 0.05) is 22.8 Å². The molecule has 0 radical (unpaired) electrons. The van der Waals surface area contributed by atoms with Crippen molar-refractivity contribution in [3.8, 4) is 17.0 Å². The van der Waals surface area contributed by atoms with E-state index < -0.39 is 0 Å². The molecule has 0 fully saturated rings. The molecule has 146 valence electrons. The molecule has 0 aliphatic heterocycles. The summed E-state index contributed by atoms with van der Waals surface area (Å²) in [4.78, 5) is 24.5. The van der Waals surface area contributed by atoms with E-state index in [-0.39, 0.29) is 5.91 Å². The number of hydrogen-bond acceptors (Lipinski definition) is 6. The number of carbonyl (C=O) groups is 1. The Bertz CT molecular complexity index is 1290. The second kappa shape index (κ2) is 7.07. The average molecular weight is 406 g/mol. The standard InChI is InChI=1S/C20H18N6O2S/c1-10-5-14(11(2)26(10)20-15(8-21)23-12(3)29-20)19(27)25-17-6-13-7-18(28-4)22-9-16(13)24-17/h5-7,9,24H,1-4H3,(H,25,27). The van der Waals surface area contributed by atoms with Crippen LogP contribution in [0.25, 0.3) is 15.9 Å². The zero-order valence-electron chi connectivity index (χ0n) is 16.3. The summed E-state index contributed by atoms with van der Waals surface area (Å²) in [5.74, 6) is 0.831. The van der Waals surface area contributed by atoms with E-state index in [1.807, 2.05) is 37.5 Å². The highest BCUT2D eigenvalue weighted by Gasteiger charge is 2.21. The first-order valence-corrected chi connectivity index (χ1v) is 9.64. The van der Waals surface area contributed by atoms with Gasteiger partial charge in [-0.05, 0) is 32.9 Å². The Morgan fingerprint density at radius 3 is 2.83 bits per heavy atom. The van der Waals surface area contributed by atoms with Gasteiger partial charge in [-0.25, -0.2) is 9.97 Å². The van der Waals surface area contributed by atoms with Crippen LogP contribution in [-0.2, 0) is 0 Å². The molecular weight excluding hydrogens is 388 g/mol.